The summed E-state index contributed by atoms with van der Waals surface area (Å²) < 4.78 is 5.52. The minimum absolute atomic E-state index is 0.0429. The van der Waals surface area contributed by atoms with Crippen molar-refractivity contribution in [2.75, 3.05) is 6.61 Å². The molecule has 0 radical (unpaired) electrons. The number of aliphatic carboxylic acids is 1. The summed E-state index contributed by atoms with van der Waals surface area (Å²) in [4.78, 5) is 10.9. The Hall–Kier alpha value is -0.610. The maximum atomic E-state index is 10.9. The number of carbonyl (C=O) groups is 1. The summed E-state index contributed by atoms with van der Waals surface area (Å²) in [7, 11) is 0. The number of nitrogens with one attached hydrogen (secondary N) is 1. The summed E-state index contributed by atoms with van der Waals surface area (Å²) in [5.41, 5.74) is -0.0429. The Kier molecular flexibility index (Phi) is 2.73. The Balaban J connectivity index is 1.94. The van der Waals surface area contributed by atoms with Crippen LogP contribution in [0.25, 0.3) is 0 Å². The fourth-order valence-corrected chi connectivity index (χ4v) is 2.42. The van der Waals surface area contributed by atoms with E-state index in [-0.39, 0.29) is 23.6 Å². The summed E-state index contributed by atoms with van der Waals surface area (Å²) in [5, 5.41) is 12.4. The number of hydrogen-bond acceptors (Lipinski definition) is 3. The van der Waals surface area contributed by atoms with Gasteiger partial charge in [0.15, 0.2) is 0 Å². The van der Waals surface area contributed by atoms with Crippen molar-refractivity contribution in [1.82, 2.24) is 5.32 Å². The van der Waals surface area contributed by atoms with E-state index in [2.05, 4.69) is 19.2 Å². The van der Waals surface area contributed by atoms with Crippen molar-refractivity contribution >= 4 is 5.97 Å². The zero-order valence-corrected chi connectivity index (χ0v) is 9.32. The fraction of sp³-hybridized carbons (Fsp3) is 0.909. The van der Waals surface area contributed by atoms with Crippen LogP contribution in [0.4, 0.5) is 0 Å². The van der Waals surface area contributed by atoms with Crippen LogP contribution in [-0.4, -0.2) is 35.4 Å². The number of hydrogen-bond donors (Lipinski definition) is 2. The van der Waals surface area contributed by atoms with Crippen LogP contribution < -0.4 is 5.32 Å². The smallest absolute Gasteiger partial charge is 0.308 e. The molecule has 1 saturated carbocycles. The molecule has 4 heteroatoms. The molecule has 0 aromatic rings. The first-order chi connectivity index (χ1) is 7.03. The first kappa shape index (κ1) is 10.9. The van der Waals surface area contributed by atoms with Gasteiger partial charge in [-0.15, -0.1) is 0 Å². The summed E-state index contributed by atoms with van der Waals surface area (Å²) in [6.45, 7) is 4.95. The van der Waals surface area contributed by atoms with Gasteiger partial charge in [0.05, 0.1) is 12.0 Å². The molecule has 0 spiro atoms. The van der Waals surface area contributed by atoms with Crippen molar-refractivity contribution in [2.24, 2.45) is 5.92 Å². The van der Waals surface area contributed by atoms with Gasteiger partial charge in [0.25, 0.3) is 0 Å². The molecule has 2 fully saturated rings. The average Bonchev–Trinajstić information content (AvgIpc) is 2.41. The molecule has 2 aliphatic rings. The van der Waals surface area contributed by atoms with Crippen LogP contribution in [0.15, 0.2) is 0 Å². The first-order valence-electron chi connectivity index (χ1n) is 5.65. The second kappa shape index (κ2) is 3.76. The highest BCUT2D eigenvalue weighted by Crippen LogP contribution is 2.33. The molecule has 2 N–H and O–H groups in total. The van der Waals surface area contributed by atoms with Crippen molar-refractivity contribution in [2.45, 2.75) is 50.8 Å². The average molecular weight is 213 g/mol. The minimum Gasteiger partial charge on any atom is -0.481 e. The lowest BCUT2D eigenvalue weighted by Gasteiger charge is -2.41. The van der Waals surface area contributed by atoms with Crippen molar-refractivity contribution in [3.05, 3.63) is 0 Å². The van der Waals surface area contributed by atoms with Gasteiger partial charge in [0, 0.05) is 18.2 Å². The van der Waals surface area contributed by atoms with Gasteiger partial charge < -0.3 is 15.2 Å². The SMILES string of the molecule is CC1OCCC1(C)NC1CCC1C(=O)O. The maximum absolute atomic E-state index is 10.9. The highest BCUT2D eigenvalue weighted by molar-refractivity contribution is 5.72. The molecule has 4 unspecified atom stereocenters. The van der Waals surface area contributed by atoms with Crippen LogP contribution in [0.5, 0.6) is 0 Å². The molecule has 1 aliphatic carbocycles. The highest BCUT2D eigenvalue weighted by atomic mass is 16.5. The molecule has 1 aliphatic heterocycles. The molecule has 0 aromatic heterocycles. The molecule has 1 heterocycles. The summed E-state index contributed by atoms with van der Waals surface area (Å²) in [5.74, 6) is -0.872. The van der Waals surface area contributed by atoms with Gasteiger partial charge in [-0.2, -0.15) is 0 Å². The van der Waals surface area contributed by atoms with E-state index < -0.39 is 5.97 Å². The normalized spacial score (nSPS) is 45.1. The number of ether oxygens (including phenoxy) is 1. The fourth-order valence-electron chi connectivity index (χ4n) is 2.42. The predicted octanol–water partition coefficient (Wildman–Crippen LogP) is 1.01. The molecular weight excluding hydrogens is 194 g/mol. The Bertz CT molecular complexity index is 269. The minimum atomic E-state index is -0.672. The van der Waals surface area contributed by atoms with Crippen molar-refractivity contribution in [3.8, 4) is 0 Å². The van der Waals surface area contributed by atoms with Crippen LogP contribution in [0.2, 0.25) is 0 Å². The second-order valence-corrected chi connectivity index (χ2v) is 4.95. The van der Waals surface area contributed by atoms with Crippen LogP contribution in [0.1, 0.15) is 33.1 Å². The molecule has 4 atom stereocenters. The number of rotatable bonds is 3. The largest absolute Gasteiger partial charge is 0.481 e. The van der Waals surface area contributed by atoms with Crippen LogP contribution >= 0.6 is 0 Å². The van der Waals surface area contributed by atoms with Crippen LogP contribution in [0, 0.1) is 5.92 Å². The zero-order chi connectivity index (χ0) is 11.1. The molecular formula is C11H19NO3. The first-order valence-corrected chi connectivity index (χ1v) is 5.65. The molecule has 0 bridgehead atoms. The van der Waals surface area contributed by atoms with E-state index in [9.17, 15) is 4.79 Å². The van der Waals surface area contributed by atoms with Crippen molar-refractivity contribution in [1.29, 1.82) is 0 Å². The standard InChI is InChI=1S/C11H19NO3/c1-7-11(2,5-6-15-7)12-9-4-3-8(9)10(13)14/h7-9,12H,3-6H2,1-2H3,(H,13,14). The van der Waals surface area contributed by atoms with Crippen LogP contribution in [-0.2, 0) is 9.53 Å². The third-order valence-electron chi connectivity index (χ3n) is 3.99. The highest BCUT2D eigenvalue weighted by Gasteiger charge is 2.44. The summed E-state index contributed by atoms with van der Waals surface area (Å²) in [6, 6.07) is 0.136. The second-order valence-electron chi connectivity index (χ2n) is 4.95. The molecule has 4 nitrogen and oxygen atoms in total. The summed E-state index contributed by atoms with van der Waals surface area (Å²) in [6.07, 6.45) is 2.92. The van der Waals surface area contributed by atoms with Gasteiger partial charge in [-0.05, 0) is 33.1 Å². The van der Waals surface area contributed by atoms with E-state index in [0.717, 1.165) is 25.9 Å². The van der Waals surface area contributed by atoms with E-state index in [1.165, 1.54) is 0 Å². The molecule has 0 amide bonds. The topological polar surface area (TPSA) is 58.6 Å². The third kappa shape index (κ3) is 1.88. The van der Waals surface area contributed by atoms with Gasteiger partial charge in [0.1, 0.15) is 0 Å². The Morgan fingerprint density at radius 2 is 2.27 bits per heavy atom. The van der Waals surface area contributed by atoms with E-state index in [4.69, 9.17) is 9.84 Å². The Morgan fingerprint density at radius 1 is 1.53 bits per heavy atom. The third-order valence-corrected chi connectivity index (χ3v) is 3.99. The monoisotopic (exact) mass is 213 g/mol. The van der Waals surface area contributed by atoms with Gasteiger partial charge in [0.2, 0.25) is 0 Å². The van der Waals surface area contributed by atoms with E-state index >= 15 is 0 Å². The number of carboxylic acids is 1. The zero-order valence-electron chi connectivity index (χ0n) is 9.32. The van der Waals surface area contributed by atoms with Crippen molar-refractivity contribution < 1.29 is 14.6 Å². The Labute approximate surface area is 90.0 Å². The van der Waals surface area contributed by atoms with Gasteiger partial charge in [-0.1, -0.05) is 0 Å². The lowest BCUT2D eigenvalue weighted by Crippen LogP contribution is -2.59. The Morgan fingerprint density at radius 3 is 2.67 bits per heavy atom. The van der Waals surface area contributed by atoms with Crippen LogP contribution in [0.3, 0.4) is 0 Å². The molecule has 15 heavy (non-hydrogen) atoms. The van der Waals surface area contributed by atoms with Crippen molar-refractivity contribution in [3.63, 3.8) is 0 Å². The van der Waals surface area contributed by atoms with E-state index in [1.54, 1.807) is 0 Å². The number of carboxylic acid groups (broad SMARTS) is 1. The van der Waals surface area contributed by atoms with Gasteiger partial charge in [-0.3, -0.25) is 4.79 Å². The maximum Gasteiger partial charge on any atom is 0.308 e. The lowest BCUT2D eigenvalue weighted by atomic mass is 9.77. The molecule has 86 valence electrons. The lowest BCUT2D eigenvalue weighted by molar-refractivity contribution is -0.146. The molecule has 2 rings (SSSR count). The van der Waals surface area contributed by atoms with E-state index in [1.807, 2.05) is 0 Å². The van der Waals surface area contributed by atoms with Gasteiger partial charge >= 0.3 is 5.97 Å². The summed E-state index contributed by atoms with van der Waals surface area (Å²) >= 11 is 0. The van der Waals surface area contributed by atoms with Gasteiger partial charge in [-0.25, -0.2) is 0 Å². The molecule has 0 aromatic carbocycles. The quantitative estimate of drug-likeness (QED) is 0.734. The predicted molar refractivity (Wildman–Crippen MR) is 55.7 cm³/mol. The molecule has 1 saturated heterocycles. The van der Waals surface area contributed by atoms with E-state index in [0.29, 0.717) is 0 Å².